The number of hydrogen-bond acceptors (Lipinski definition) is 4. The van der Waals surface area contributed by atoms with Crippen molar-refractivity contribution in [3.05, 3.63) is 23.8 Å². The molecule has 0 aromatic heterocycles. The standard InChI is InChI=1S/C18H28N2O3/c1-4-19-11-9-15-6-8-18(21)20(15)12-10-14-5-7-16(22-2)17(13-14)23-3/h5,7,13,15,19H,4,6,8-12H2,1-3H3/t15-/m1/s1. The first-order valence-corrected chi connectivity index (χ1v) is 8.40. The van der Waals surface area contributed by atoms with Crippen molar-refractivity contribution in [2.24, 2.45) is 0 Å². The van der Waals surface area contributed by atoms with Crippen LogP contribution in [-0.2, 0) is 11.2 Å². The Balaban J connectivity index is 1.94. The van der Waals surface area contributed by atoms with Gasteiger partial charge in [-0.15, -0.1) is 0 Å². The van der Waals surface area contributed by atoms with E-state index in [1.807, 2.05) is 23.1 Å². The number of amides is 1. The minimum Gasteiger partial charge on any atom is -0.493 e. The summed E-state index contributed by atoms with van der Waals surface area (Å²) in [6.45, 7) is 4.83. The first-order valence-electron chi connectivity index (χ1n) is 8.40. The molecule has 0 bridgehead atoms. The maximum absolute atomic E-state index is 12.1. The van der Waals surface area contributed by atoms with Gasteiger partial charge in [-0.2, -0.15) is 0 Å². The van der Waals surface area contributed by atoms with Crippen molar-refractivity contribution in [2.75, 3.05) is 33.9 Å². The number of ether oxygens (including phenoxy) is 2. The molecule has 5 heteroatoms. The van der Waals surface area contributed by atoms with Crippen LogP contribution in [-0.4, -0.2) is 50.7 Å². The van der Waals surface area contributed by atoms with Crippen molar-refractivity contribution in [2.45, 2.75) is 38.6 Å². The Morgan fingerprint density at radius 2 is 2.04 bits per heavy atom. The van der Waals surface area contributed by atoms with Crippen LogP contribution in [0.3, 0.4) is 0 Å². The maximum Gasteiger partial charge on any atom is 0.222 e. The van der Waals surface area contributed by atoms with Crippen LogP contribution in [0.2, 0.25) is 0 Å². The molecule has 5 nitrogen and oxygen atoms in total. The molecule has 0 spiro atoms. The fourth-order valence-electron chi connectivity index (χ4n) is 3.13. The summed E-state index contributed by atoms with van der Waals surface area (Å²) in [5, 5.41) is 3.34. The van der Waals surface area contributed by atoms with E-state index >= 15 is 0 Å². The van der Waals surface area contributed by atoms with Crippen LogP contribution in [0.5, 0.6) is 11.5 Å². The van der Waals surface area contributed by atoms with Gasteiger partial charge in [0.25, 0.3) is 0 Å². The first kappa shape index (κ1) is 17.6. The number of rotatable bonds is 9. The Hall–Kier alpha value is -1.75. The summed E-state index contributed by atoms with van der Waals surface area (Å²) in [4.78, 5) is 14.2. The van der Waals surface area contributed by atoms with Crippen molar-refractivity contribution in [1.82, 2.24) is 10.2 Å². The lowest BCUT2D eigenvalue weighted by atomic mass is 10.1. The van der Waals surface area contributed by atoms with Gasteiger partial charge in [-0.1, -0.05) is 13.0 Å². The number of benzene rings is 1. The molecule has 2 rings (SSSR count). The van der Waals surface area contributed by atoms with Gasteiger partial charge >= 0.3 is 0 Å². The molecule has 1 N–H and O–H groups in total. The number of methoxy groups -OCH3 is 2. The minimum atomic E-state index is 0.284. The molecule has 0 radical (unpaired) electrons. The molecule has 0 aliphatic carbocycles. The highest BCUT2D eigenvalue weighted by Crippen LogP contribution is 2.28. The monoisotopic (exact) mass is 320 g/mol. The molecule has 1 aliphatic rings. The zero-order chi connectivity index (χ0) is 16.7. The predicted octanol–water partition coefficient (Wildman–Crippen LogP) is 2.24. The normalized spacial score (nSPS) is 17.6. The summed E-state index contributed by atoms with van der Waals surface area (Å²) in [5.41, 5.74) is 1.16. The SMILES string of the molecule is CCNCC[C@H]1CCC(=O)N1CCc1ccc(OC)c(OC)c1. The Morgan fingerprint density at radius 1 is 1.26 bits per heavy atom. The third-order valence-electron chi connectivity index (χ3n) is 4.45. The molecule has 1 heterocycles. The average molecular weight is 320 g/mol. The van der Waals surface area contributed by atoms with E-state index in [1.165, 1.54) is 0 Å². The van der Waals surface area contributed by atoms with Crippen molar-refractivity contribution in [3.63, 3.8) is 0 Å². The fraction of sp³-hybridized carbons (Fsp3) is 0.611. The molecule has 1 atom stereocenters. The van der Waals surface area contributed by atoms with Crippen molar-refractivity contribution < 1.29 is 14.3 Å². The molecular weight excluding hydrogens is 292 g/mol. The van der Waals surface area contributed by atoms with E-state index in [1.54, 1.807) is 14.2 Å². The summed E-state index contributed by atoms with van der Waals surface area (Å²) in [7, 11) is 3.28. The van der Waals surface area contributed by atoms with E-state index in [0.29, 0.717) is 12.5 Å². The van der Waals surface area contributed by atoms with Crippen LogP contribution < -0.4 is 14.8 Å². The van der Waals surface area contributed by atoms with Gasteiger partial charge in [0, 0.05) is 19.0 Å². The summed E-state index contributed by atoms with van der Waals surface area (Å²) in [6.07, 6.45) is 3.54. The van der Waals surface area contributed by atoms with Crippen molar-refractivity contribution in [1.29, 1.82) is 0 Å². The predicted molar refractivity (Wildman–Crippen MR) is 91.1 cm³/mol. The second kappa shape index (κ2) is 8.77. The molecule has 1 aromatic rings. The summed E-state index contributed by atoms with van der Waals surface area (Å²) in [5.74, 6) is 1.76. The van der Waals surface area contributed by atoms with Gasteiger partial charge in [0.1, 0.15) is 0 Å². The summed E-state index contributed by atoms with van der Waals surface area (Å²) >= 11 is 0. The third-order valence-corrected chi connectivity index (χ3v) is 4.45. The van der Waals surface area contributed by atoms with E-state index in [2.05, 4.69) is 12.2 Å². The molecule has 1 amide bonds. The van der Waals surface area contributed by atoms with Crippen LogP contribution >= 0.6 is 0 Å². The van der Waals surface area contributed by atoms with Gasteiger partial charge in [0.15, 0.2) is 11.5 Å². The first-order chi connectivity index (χ1) is 11.2. The molecule has 0 unspecified atom stereocenters. The number of hydrogen-bond donors (Lipinski definition) is 1. The minimum absolute atomic E-state index is 0.284. The molecule has 1 saturated heterocycles. The topological polar surface area (TPSA) is 50.8 Å². The maximum atomic E-state index is 12.1. The number of carbonyl (C=O) groups is 1. The molecule has 23 heavy (non-hydrogen) atoms. The van der Waals surface area contributed by atoms with E-state index < -0.39 is 0 Å². The average Bonchev–Trinajstić information content (AvgIpc) is 2.93. The highest BCUT2D eigenvalue weighted by atomic mass is 16.5. The van der Waals surface area contributed by atoms with E-state index in [0.717, 1.165) is 56.0 Å². The summed E-state index contributed by atoms with van der Waals surface area (Å²) in [6, 6.07) is 6.33. The van der Waals surface area contributed by atoms with Gasteiger partial charge in [0.05, 0.1) is 14.2 Å². The summed E-state index contributed by atoms with van der Waals surface area (Å²) < 4.78 is 10.6. The Kier molecular flexibility index (Phi) is 6.71. The number of likely N-dealkylation sites (tertiary alicyclic amines) is 1. The zero-order valence-electron chi connectivity index (χ0n) is 14.4. The number of carbonyl (C=O) groups excluding carboxylic acids is 1. The molecule has 128 valence electrons. The van der Waals surface area contributed by atoms with Gasteiger partial charge in [-0.25, -0.2) is 0 Å². The van der Waals surface area contributed by atoms with Crippen molar-refractivity contribution in [3.8, 4) is 11.5 Å². The quantitative estimate of drug-likeness (QED) is 0.709. The van der Waals surface area contributed by atoms with E-state index in [-0.39, 0.29) is 5.91 Å². The van der Waals surface area contributed by atoms with Crippen LogP contribution in [0.25, 0.3) is 0 Å². The third kappa shape index (κ3) is 4.61. The second-order valence-electron chi connectivity index (χ2n) is 5.86. The molecule has 1 fully saturated rings. The van der Waals surface area contributed by atoms with Crippen LogP contribution in [0.4, 0.5) is 0 Å². The Bertz CT molecular complexity index is 519. The van der Waals surface area contributed by atoms with Gasteiger partial charge < -0.3 is 19.7 Å². The number of nitrogens with zero attached hydrogens (tertiary/aromatic N) is 1. The van der Waals surface area contributed by atoms with E-state index in [4.69, 9.17) is 9.47 Å². The van der Waals surface area contributed by atoms with Gasteiger partial charge in [-0.3, -0.25) is 4.79 Å². The number of nitrogens with one attached hydrogen (secondary N) is 1. The lowest BCUT2D eigenvalue weighted by Gasteiger charge is -2.25. The van der Waals surface area contributed by atoms with Crippen molar-refractivity contribution >= 4 is 5.91 Å². The van der Waals surface area contributed by atoms with Crippen LogP contribution in [0, 0.1) is 0 Å². The molecular formula is C18H28N2O3. The molecule has 1 aromatic carbocycles. The lowest BCUT2D eigenvalue weighted by Crippen LogP contribution is -2.36. The van der Waals surface area contributed by atoms with Gasteiger partial charge in [0.2, 0.25) is 5.91 Å². The Morgan fingerprint density at radius 3 is 2.74 bits per heavy atom. The fourth-order valence-corrected chi connectivity index (χ4v) is 3.13. The van der Waals surface area contributed by atoms with E-state index in [9.17, 15) is 4.79 Å². The smallest absolute Gasteiger partial charge is 0.222 e. The molecule has 0 saturated carbocycles. The largest absolute Gasteiger partial charge is 0.493 e. The van der Waals surface area contributed by atoms with Crippen LogP contribution in [0.1, 0.15) is 31.7 Å². The lowest BCUT2D eigenvalue weighted by molar-refractivity contribution is -0.129. The van der Waals surface area contributed by atoms with Gasteiger partial charge in [-0.05, 0) is 50.0 Å². The van der Waals surface area contributed by atoms with Crippen LogP contribution in [0.15, 0.2) is 18.2 Å². The molecule has 1 aliphatic heterocycles. The zero-order valence-corrected chi connectivity index (χ0v) is 14.4. The highest BCUT2D eigenvalue weighted by molar-refractivity contribution is 5.78. The second-order valence-corrected chi connectivity index (χ2v) is 5.86. The highest BCUT2D eigenvalue weighted by Gasteiger charge is 2.29. The Labute approximate surface area is 139 Å².